The second kappa shape index (κ2) is 6.01. The van der Waals surface area contributed by atoms with Gasteiger partial charge in [0.15, 0.2) is 0 Å². The number of rotatable bonds is 5. The van der Waals surface area contributed by atoms with Crippen molar-refractivity contribution in [2.75, 3.05) is 5.32 Å². The molecule has 0 spiro atoms. The molecule has 1 heterocycles. The van der Waals surface area contributed by atoms with Gasteiger partial charge in [-0.15, -0.1) is 0 Å². The highest BCUT2D eigenvalue weighted by Gasteiger charge is 2.11. The Morgan fingerprint density at radius 3 is 2.70 bits per heavy atom. The van der Waals surface area contributed by atoms with E-state index in [-0.39, 0.29) is 11.2 Å². The van der Waals surface area contributed by atoms with Gasteiger partial charge in [0, 0.05) is 37.0 Å². The van der Waals surface area contributed by atoms with Crippen LogP contribution in [0.4, 0.5) is 11.4 Å². The molecule has 0 amide bonds. The molecule has 6 nitrogen and oxygen atoms in total. The number of pyridine rings is 1. The van der Waals surface area contributed by atoms with E-state index in [1.165, 1.54) is 12.1 Å². The van der Waals surface area contributed by atoms with E-state index in [0.29, 0.717) is 18.7 Å². The van der Waals surface area contributed by atoms with E-state index < -0.39 is 4.92 Å². The number of nitro benzene ring substituents is 1. The molecule has 0 unspecified atom stereocenters. The minimum absolute atomic E-state index is 0.0660. The molecule has 1 aromatic heterocycles. The molecule has 0 aliphatic rings. The van der Waals surface area contributed by atoms with Gasteiger partial charge in [-0.1, -0.05) is 18.2 Å². The summed E-state index contributed by atoms with van der Waals surface area (Å²) in [5.41, 5.74) is 1.38. The summed E-state index contributed by atoms with van der Waals surface area (Å²) in [6.45, 7) is 2.80. The highest BCUT2D eigenvalue weighted by atomic mass is 16.6. The molecular weight excluding hydrogens is 258 g/mol. The summed E-state index contributed by atoms with van der Waals surface area (Å²) >= 11 is 0. The fraction of sp³-hybridized carbons (Fsp3) is 0.214. The summed E-state index contributed by atoms with van der Waals surface area (Å²) in [5, 5.41) is 14.0. The van der Waals surface area contributed by atoms with Crippen LogP contribution in [0, 0.1) is 10.1 Å². The molecule has 1 aromatic carbocycles. The fourth-order valence-electron chi connectivity index (χ4n) is 1.92. The predicted octanol–water partition coefficient (Wildman–Crippen LogP) is 2.39. The number of aryl methyl sites for hydroxylation is 1. The number of benzene rings is 1. The van der Waals surface area contributed by atoms with Crippen LogP contribution in [0.2, 0.25) is 0 Å². The lowest BCUT2D eigenvalue weighted by atomic mass is 10.2. The molecule has 0 aliphatic heterocycles. The fourth-order valence-corrected chi connectivity index (χ4v) is 1.92. The molecule has 0 saturated carbocycles. The number of nitrogens with zero attached hydrogens (tertiary/aromatic N) is 2. The van der Waals surface area contributed by atoms with Crippen molar-refractivity contribution in [1.82, 2.24) is 4.57 Å². The van der Waals surface area contributed by atoms with Crippen LogP contribution in [0.5, 0.6) is 0 Å². The van der Waals surface area contributed by atoms with Gasteiger partial charge in [0.05, 0.1) is 10.6 Å². The lowest BCUT2D eigenvalue weighted by molar-refractivity contribution is -0.385. The van der Waals surface area contributed by atoms with Crippen molar-refractivity contribution in [3.8, 4) is 0 Å². The van der Waals surface area contributed by atoms with Crippen LogP contribution >= 0.6 is 0 Å². The number of anilines is 1. The third kappa shape index (κ3) is 3.03. The van der Waals surface area contributed by atoms with Gasteiger partial charge in [-0.25, -0.2) is 0 Å². The van der Waals surface area contributed by atoms with Crippen molar-refractivity contribution < 1.29 is 4.92 Å². The van der Waals surface area contributed by atoms with Crippen molar-refractivity contribution in [2.24, 2.45) is 0 Å². The van der Waals surface area contributed by atoms with E-state index in [0.717, 1.165) is 5.69 Å². The predicted molar refractivity (Wildman–Crippen MR) is 76.8 cm³/mol. The first-order chi connectivity index (χ1) is 9.61. The summed E-state index contributed by atoms with van der Waals surface area (Å²) in [4.78, 5) is 22.0. The average Bonchev–Trinajstić information content (AvgIpc) is 2.46. The van der Waals surface area contributed by atoms with Crippen LogP contribution in [-0.2, 0) is 13.1 Å². The Kier molecular flexibility index (Phi) is 4.14. The summed E-state index contributed by atoms with van der Waals surface area (Å²) < 4.78 is 1.57. The zero-order valence-electron chi connectivity index (χ0n) is 11.1. The third-order valence-corrected chi connectivity index (χ3v) is 3.00. The lowest BCUT2D eigenvalue weighted by Crippen LogP contribution is -2.17. The van der Waals surface area contributed by atoms with Gasteiger partial charge in [-0.05, 0) is 13.0 Å². The SMILES string of the molecule is CCn1cc(NCc2ccccc2[N+](=O)[O-])ccc1=O. The maximum Gasteiger partial charge on any atom is 0.274 e. The van der Waals surface area contributed by atoms with E-state index in [2.05, 4.69) is 5.32 Å². The van der Waals surface area contributed by atoms with Crippen LogP contribution in [-0.4, -0.2) is 9.49 Å². The minimum Gasteiger partial charge on any atom is -0.380 e. The van der Waals surface area contributed by atoms with Gasteiger partial charge in [0.2, 0.25) is 0 Å². The minimum atomic E-state index is -0.399. The summed E-state index contributed by atoms with van der Waals surface area (Å²) in [5.74, 6) is 0. The van der Waals surface area contributed by atoms with Crippen LogP contribution in [0.1, 0.15) is 12.5 Å². The van der Waals surface area contributed by atoms with E-state index in [1.54, 1.807) is 35.0 Å². The highest BCUT2D eigenvalue weighted by molar-refractivity contribution is 5.45. The van der Waals surface area contributed by atoms with E-state index in [9.17, 15) is 14.9 Å². The molecule has 2 rings (SSSR count). The van der Waals surface area contributed by atoms with Gasteiger partial charge < -0.3 is 9.88 Å². The highest BCUT2D eigenvalue weighted by Crippen LogP contribution is 2.18. The largest absolute Gasteiger partial charge is 0.380 e. The molecule has 6 heteroatoms. The lowest BCUT2D eigenvalue weighted by Gasteiger charge is -2.09. The van der Waals surface area contributed by atoms with Gasteiger partial charge in [-0.3, -0.25) is 14.9 Å². The molecule has 104 valence electrons. The first-order valence-electron chi connectivity index (χ1n) is 6.28. The quantitative estimate of drug-likeness (QED) is 0.670. The first kappa shape index (κ1) is 13.8. The Morgan fingerprint density at radius 1 is 1.25 bits per heavy atom. The van der Waals surface area contributed by atoms with E-state index >= 15 is 0 Å². The maximum atomic E-state index is 11.5. The molecule has 0 bridgehead atoms. The van der Waals surface area contributed by atoms with Crippen molar-refractivity contribution in [3.05, 3.63) is 68.6 Å². The van der Waals surface area contributed by atoms with E-state index in [4.69, 9.17) is 0 Å². The van der Waals surface area contributed by atoms with Crippen LogP contribution in [0.25, 0.3) is 0 Å². The average molecular weight is 273 g/mol. The number of nitro groups is 1. The number of nitrogens with one attached hydrogen (secondary N) is 1. The summed E-state index contributed by atoms with van der Waals surface area (Å²) in [6, 6.07) is 9.73. The number of hydrogen-bond acceptors (Lipinski definition) is 4. The molecule has 0 fully saturated rings. The number of para-hydroxylation sites is 1. The van der Waals surface area contributed by atoms with Crippen molar-refractivity contribution in [3.63, 3.8) is 0 Å². The number of hydrogen-bond donors (Lipinski definition) is 1. The Morgan fingerprint density at radius 2 is 2.00 bits per heavy atom. The normalized spacial score (nSPS) is 10.2. The maximum absolute atomic E-state index is 11.5. The zero-order valence-corrected chi connectivity index (χ0v) is 11.1. The number of aromatic nitrogens is 1. The summed E-state index contributed by atoms with van der Waals surface area (Å²) in [7, 11) is 0. The van der Waals surface area contributed by atoms with Gasteiger partial charge in [0.25, 0.3) is 11.2 Å². The van der Waals surface area contributed by atoms with Crippen molar-refractivity contribution in [1.29, 1.82) is 0 Å². The third-order valence-electron chi connectivity index (χ3n) is 3.00. The second-order valence-corrected chi connectivity index (χ2v) is 4.28. The van der Waals surface area contributed by atoms with Gasteiger partial charge >= 0.3 is 0 Å². The Hall–Kier alpha value is -2.63. The molecule has 20 heavy (non-hydrogen) atoms. The monoisotopic (exact) mass is 273 g/mol. The first-order valence-corrected chi connectivity index (χ1v) is 6.28. The molecule has 0 aliphatic carbocycles. The smallest absolute Gasteiger partial charge is 0.274 e. The zero-order chi connectivity index (χ0) is 14.5. The van der Waals surface area contributed by atoms with Gasteiger partial charge in [0.1, 0.15) is 0 Å². The standard InChI is InChI=1S/C14H15N3O3/c1-2-16-10-12(7-8-14(16)18)15-9-11-5-3-4-6-13(11)17(19)20/h3-8,10,15H,2,9H2,1H3. The van der Waals surface area contributed by atoms with Crippen LogP contribution < -0.4 is 10.9 Å². The topological polar surface area (TPSA) is 77.2 Å². The summed E-state index contributed by atoms with van der Waals surface area (Å²) in [6.07, 6.45) is 1.71. The Labute approximate surface area is 115 Å². The molecule has 2 aromatic rings. The van der Waals surface area contributed by atoms with Crippen molar-refractivity contribution in [2.45, 2.75) is 20.0 Å². The Balaban J connectivity index is 2.17. The Bertz CT molecular complexity index is 679. The van der Waals surface area contributed by atoms with Crippen molar-refractivity contribution >= 4 is 11.4 Å². The molecule has 1 N–H and O–H groups in total. The molecular formula is C14H15N3O3. The molecule has 0 atom stereocenters. The molecule has 0 saturated heterocycles. The molecule has 0 radical (unpaired) electrons. The van der Waals surface area contributed by atoms with Gasteiger partial charge in [-0.2, -0.15) is 0 Å². The second-order valence-electron chi connectivity index (χ2n) is 4.28. The van der Waals surface area contributed by atoms with Crippen LogP contribution in [0.15, 0.2) is 47.4 Å². The van der Waals surface area contributed by atoms with Crippen LogP contribution in [0.3, 0.4) is 0 Å². The van der Waals surface area contributed by atoms with E-state index in [1.807, 2.05) is 6.92 Å².